The van der Waals surface area contributed by atoms with Crippen molar-refractivity contribution in [3.63, 3.8) is 0 Å². The fourth-order valence-corrected chi connectivity index (χ4v) is 1.07. The maximum Gasteiger partial charge on any atom is 0.153 e. The van der Waals surface area contributed by atoms with Gasteiger partial charge in [-0.25, -0.2) is 4.68 Å². The smallest absolute Gasteiger partial charge is 0.153 e. The van der Waals surface area contributed by atoms with Crippen LogP contribution in [0.4, 0.5) is 0 Å². The van der Waals surface area contributed by atoms with Crippen molar-refractivity contribution in [2.75, 3.05) is 0 Å². The van der Waals surface area contributed by atoms with E-state index in [0.717, 1.165) is 18.8 Å². The Morgan fingerprint density at radius 1 is 1.46 bits per heavy atom. The first-order valence-electron chi connectivity index (χ1n) is 4.41. The molecule has 0 aliphatic rings. The Balaban J connectivity index is 2.63. The first kappa shape index (κ1) is 9.72. The van der Waals surface area contributed by atoms with Gasteiger partial charge in [0.2, 0.25) is 0 Å². The Morgan fingerprint density at radius 3 is 2.85 bits per heavy atom. The Morgan fingerprint density at radius 2 is 2.23 bits per heavy atom. The maximum absolute atomic E-state index is 3.95. The van der Waals surface area contributed by atoms with Crippen LogP contribution in [-0.2, 0) is 6.54 Å². The van der Waals surface area contributed by atoms with E-state index in [0.29, 0.717) is 5.92 Å². The minimum atomic E-state index is 0.365. The molecule has 0 saturated carbocycles. The van der Waals surface area contributed by atoms with Gasteiger partial charge in [0.15, 0.2) is 5.82 Å². The van der Waals surface area contributed by atoms with Gasteiger partial charge in [-0.1, -0.05) is 13.8 Å². The third kappa shape index (κ3) is 2.55. The summed E-state index contributed by atoms with van der Waals surface area (Å²) in [5, 5.41) is 11.5. The summed E-state index contributed by atoms with van der Waals surface area (Å²) in [6.07, 6.45) is 0.807. The summed E-state index contributed by atoms with van der Waals surface area (Å²) in [5.41, 5.74) is 0. The predicted molar refractivity (Wildman–Crippen MR) is 50.0 cm³/mol. The van der Waals surface area contributed by atoms with Crippen LogP contribution in [0.2, 0.25) is 0 Å². The average Bonchev–Trinajstić information content (AvgIpc) is 2.53. The Hall–Kier alpha value is -1.37. The summed E-state index contributed by atoms with van der Waals surface area (Å²) in [6.45, 7) is 6.77. The first-order chi connectivity index (χ1) is 6.25. The summed E-state index contributed by atoms with van der Waals surface area (Å²) in [4.78, 5) is 0. The molecule has 0 atom stereocenters. The molecule has 4 heteroatoms. The normalized spacial score (nSPS) is 9.85. The van der Waals surface area contributed by atoms with E-state index in [1.165, 1.54) is 0 Å². The van der Waals surface area contributed by atoms with Gasteiger partial charge >= 0.3 is 0 Å². The van der Waals surface area contributed by atoms with Crippen molar-refractivity contribution in [2.45, 2.75) is 39.7 Å². The second-order valence-corrected chi connectivity index (χ2v) is 3.09. The van der Waals surface area contributed by atoms with Gasteiger partial charge < -0.3 is 0 Å². The summed E-state index contributed by atoms with van der Waals surface area (Å²) in [5.74, 6) is 7.13. The molecule has 13 heavy (non-hydrogen) atoms. The summed E-state index contributed by atoms with van der Waals surface area (Å²) in [7, 11) is 0. The van der Waals surface area contributed by atoms with Gasteiger partial charge in [0.25, 0.3) is 0 Å². The van der Waals surface area contributed by atoms with Crippen molar-refractivity contribution >= 4 is 0 Å². The standard InChI is InChI=1S/C9H14N4/c1-4-5-6-7-13-9(8(2)3)10-11-12-13/h8H,6-7H2,1-3H3. The lowest BCUT2D eigenvalue weighted by molar-refractivity contribution is 0.558. The molecule has 1 heterocycles. The van der Waals surface area contributed by atoms with E-state index in [1.807, 2.05) is 11.6 Å². The number of hydrogen-bond donors (Lipinski definition) is 0. The van der Waals surface area contributed by atoms with Crippen molar-refractivity contribution < 1.29 is 0 Å². The molecule has 0 spiro atoms. The van der Waals surface area contributed by atoms with E-state index < -0.39 is 0 Å². The quantitative estimate of drug-likeness (QED) is 0.653. The van der Waals surface area contributed by atoms with Gasteiger partial charge in [-0.15, -0.1) is 16.9 Å². The van der Waals surface area contributed by atoms with Crippen LogP contribution in [0.3, 0.4) is 0 Å². The van der Waals surface area contributed by atoms with Gasteiger partial charge in [0.1, 0.15) is 0 Å². The first-order valence-corrected chi connectivity index (χ1v) is 4.41. The molecule has 0 N–H and O–H groups in total. The van der Waals surface area contributed by atoms with Crippen molar-refractivity contribution in [2.24, 2.45) is 0 Å². The van der Waals surface area contributed by atoms with Crippen LogP contribution in [0, 0.1) is 11.8 Å². The highest BCUT2D eigenvalue weighted by Gasteiger charge is 2.08. The van der Waals surface area contributed by atoms with Crippen LogP contribution < -0.4 is 0 Å². The number of tetrazole rings is 1. The Labute approximate surface area is 78.3 Å². The highest BCUT2D eigenvalue weighted by Crippen LogP contribution is 2.08. The predicted octanol–water partition coefficient (Wildman–Crippen LogP) is 1.21. The van der Waals surface area contributed by atoms with Gasteiger partial charge in [0, 0.05) is 12.3 Å². The minimum Gasteiger partial charge on any atom is -0.228 e. The van der Waals surface area contributed by atoms with Crippen LogP contribution in [0.1, 0.15) is 38.9 Å². The number of nitrogens with zero attached hydrogens (tertiary/aromatic N) is 4. The number of aryl methyl sites for hydroxylation is 1. The monoisotopic (exact) mass is 178 g/mol. The SMILES string of the molecule is CC#CCCn1nnnc1C(C)C. The lowest BCUT2D eigenvalue weighted by Crippen LogP contribution is -2.06. The van der Waals surface area contributed by atoms with E-state index in [1.54, 1.807) is 0 Å². The lowest BCUT2D eigenvalue weighted by Gasteiger charge is -2.03. The molecule has 0 aliphatic heterocycles. The fourth-order valence-electron chi connectivity index (χ4n) is 1.07. The zero-order valence-electron chi connectivity index (χ0n) is 8.28. The Kier molecular flexibility index (Phi) is 3.44. The molecule has 0 aliphatic carbocycles. The van der Waals surface area contributed by atoms with Crippen LogP contribution in [0.25, 0.3) is 0 Å². The molecule has 70 valence electrons. The number of rotatable bonds is 3. The van der Waals surface area contributed by atoms with Crippen molar-refractivity contribution in [1.82, 2.24) is 20.2 Å². The van der Waals surface area contributed by atoms with Gasteiger partial charge in [-0.05, 0) is 17.4 Å². The summed E-state index contributed by atoms with van der Waals surface area (Å²) < 4.78 is 1.81. The summed E-state index contributed by atoms with van der Waals surface area (Å²) >= 11 is 0. The van der Waals surface area contributed by atoms with E-state index in [2.05, 4.69) is 41.2 Å². The molecule has 1 aromatic rings. The molecule has 0 aromatic carbocycles. The van der Waals surface area contributed by atoms with Crippen molar-refractivity contribution in [1.29, 1.82) is 0 Å². The van der Waals surface area contributed by atoms with Crippen LogP contribution >= 0.6 is 0 Å². The molecular weight excluding hydrogens is 164 g/mol. The molecule has 1 aromatic heterocycles. The second kappa shape index (κ2) is 4.61. The van der Waals surface area contributed by atoms with Gasteiger partial charge in [0.05, 0.1) is 6.54 Å². The maximum atomic E-state index is 3.95. The van der Waals surface area contributed by atoms with Crippen LogP contribution in [0.5, 0.6) is 0 Å². The number of hydrogen-bond acceptors (Lipinski definition) is 3. The number of aromatic nitrogens is 4. The molecule has 0 bridgehead atoms. The van der Waals surface area contributed by atoms with Gasteiger partial charge in [-0.2, -0.15) is 0 Å². The van der Waals surface area contributed by atoms with E-state index in [4.69, 9.17) is 0 Å². The molecule has 0 amide bonds. The third-order valence-electron chi connectivity index (χ3n) is 1.70. The topological polar surface area (TPSA) is 43.6 Å². The van der Waals surface area contributed by atoms with Crippen LogP contribution in [-0.4, -0.2) is 20.2 Å². The van der Waals surface area contributed by atoms with E-state index >= 15 is 0 Å². The second-order valence-electron chi connectivity index (χ2n) is 3.09. The largest absolute Gasteiger partial charge is 0.228 e. The van der Waals surface area contributed by atoms with Crippen molar-refractivity contribution in [3.05, 3.63) is 5.82 Å². The molecule has 1 rings (SSSR count). The van der Waals surface area contributed by atoms with Crippen LogP contribution in [0.15, 0.2) is 0 Å². The highest BCUT2D eigenvalue weighted by molar-refractivity contribution is 4.96. The summed E-state index contributed by atoms with van der Waals surface area (Å²) in [6, 6.07) is 0. The van der Waals surface area contributed by atoms with E-state index in [-0.39, 0.29) is 0 Å². The zero-order chi connectivity index (χ0) is 9.68. The molecular formula is C9H14N4. The third-order valence-corrected chi connectivity index (χ3v) is 1.70. The fraction of sp³-hybridized carbons (Fsp3) is 0.667. The van der Waals surface area contributed by atoms with Crippen molar-refractivity contribution in [3.8, 4) is 11.8 Å². The minimum absolute atomic E-state index is 0.365. The molecule has 0 fully saturated rings. The lowest BCUT2D eigenvalue weighted by atomic mass is 10.2. The van der Waals surface area contributed by atoms with Gasteiger partial charge in [-0.3, -0.25) is 0 Å². The molecule has 0 unspecified atom stereocenters. The zero-order valence-corrected chi connectivity index (χ0v) is 8.28. The Bertz CT molecular complexity index is 316. The molecule has 0 saturated heterocycles. The van der Waals surface area contributed by atoms with E-state index in [9.17, 15) is 0 Å². The average molecular weight is 178 g/mol. The molecule has 4 nitrogen and oxygen atoms in total. The molecule has 0 radical (unpaired) electrons. The highest BCUT2D eigenvalue weighted by atomic mass is 15.5.